The fourth-order valence-electron chi connectivity index (χ4n) is 4.02. The minimum atomic E-state index is -0.0421. The van der Waals surface area contributed by atoms with Gasteiger partial charge in [-0.05, 0) is 38.8 Å². The molecule has 0 amide bonds. The Bertz CT molecular complexity index is 907. The third-order valence-electron chi connectivity index (χ3n) is 5.97. The monoisotopic (exact) mass is 425 g/mol. The summed E-state index contributed by atoms with van der Waals surface area (Å²) in [4.78, 5) is 26.8. The van der Waals surface area contributed by atoms with E-state index in [0.717, 1.165) is 87.9 Å². The molecule has 0 atom stereocenters. The molecule has 0 spiro atoms. The first-order chi connectivity index (χ1) is 14.8. The van der Waals surface area contributed by atoms with Gasteiger partial charge in [-0.15, -0.1) is 0 Å². The van der Waals surface area contributed by atoms with Crippen molar-refractivity contribution in [1.82, 2.24) is 19.4 Å². The average Bonchev–Trinajstić information content (AvgIpc) is 2.74. The minimum Gasteiger partial charge on any atom is -0.354 e. The largest absolute Gasteiger partial charge is 0.354 e. The lowest BCUT2D eigenvalue weighted by atomic mass is 9.95. The molecule has 0 bridgehead atoms. The van der Waals surface area contributed by atoms with E-state index in [1.54, 1.807) is 0 Å². The molecular weight excluding hydrogens is 386 g/mol. The third kappa shape index (κ3) is 6.39. The topological polar surface area (TPSA) is 54.3 Å². The van der Waals surface area contributed by atoms with Crippen LogP contribution < -0.4 is 10.5 Å². The molecule has 3 rings (SSSR count). The number of piperazine rings is 1. The van der Waals surface area contributed by atoms with Crippen LogP contribution in [0.25, 0.3) is 0 Å². The van der Waals surface area contributed by atoms with Crippen molar-refractivity contribution in [3.05, 3.63) is 51.8 Å². The van der Waals surface area contributed by atoms with Gasteiger partial charge < -0.3 is 9.47 Å². The summed E-state index contributed by atoms with van der Waals surface area (Å²) in [6.07, 6.45) is 6.15. The molecule has 1 fully saturated rings. The maximum Gasteiger partial charge on any atom is 0.253 e. The van der Waals surface area contributed by atoms with Crippen LogP contribution in [0.3, 0.4) is 0 Å². The summed E-state index contributed by atoms with van der Waals surface area (Å²) in [5.74, 6) is 2.03. The predicted octanol–water partition coefficient (Wildman–Crippen LogP) is 3.80. The summed E-state index contributed by atoms with van der Waals surface area (Å²) in [5, 5.41) is 0. The number of unbranched alkanes of at least 4 members (excludes halogenated alkanes) is 1. The number of nitrogens with zero attached hydrogens (tertiary/aromatic N) is 5. The first-order valence-electron chi connectivity index (χ1n) is 11.8. The van der Waals surface area contributed by atoms with E-state index in [2.05, 4.69) is 43.6 Å². The molecule has 6 nitrogen and oxygen atoms in total. The van der Waals surface area contributed by atoms with Crippen molar-refractivity contribution in [1.29, 1.82) is 0 Å². The zero-order valence-corrected chi connectivity index (χ0v) is 20.0. The molecule has 2 aromatic rings. The maximum atomic E-state index is 12.1. The van der Waals surface area contributed by atoms with Crippen molar-refractivity contribution in [3.63, 3.8) is 0 Å². The highest BCUT2D eigenvalue weighted by Crippen LogP contribution is 2.23. The Hall–Kier alpha value is -2.21. The van der Waals surface area contributed by atoms with Crippen LogP contribution in [0.5, 0.6) is 0 Å². The number of aryl methyl sites for hydroxylation is 3. The standard InChI is InChI=1S/C25H39N5O/c1-6-10-21-19-22(27-24(26-21)25(3,4)5)29-17-15-28(16-18-29)12-7-8-13-30-14-9-11-20(2)23(30)31/h9,11,14,19H,6-8,10,12-13,15-18H2,1-5H3. The van der Waals surface area contributed by atoms with E-state index in [4.69, 9.17) is 9.97 Å². The quantitative estimate of drug-likeness (QED) is 0.602. The fraction of sp³-hybridized carbons (Fsp3) is 0.640. The van der Waals surface area contributed by atoms with Crippen LogP contribution in [0.2, 0.25) is 0 Å². The van der Waals surface area contributed by atoms with E-state index < -0.39 is 0 Å². The molecule has 0 aliphatic carbocycles. The van der Waals surface area contributed by atoms with Crippen LogP contribution in [0.4, 0.5) is 5.82 Å². The molecule has 3 heterocycles. The van der Waals surface area contributed by atoms with E-state index >= 15 is 0 Å². The Balaban J connectivity index is 1.51. The number of hydrogen-bond acceptors (Lipinski definition) is 5. The normalized spacial score (nSPS) is 15.5. The predicted molar refractivity (Wildman–Crippen MR) is 128 cm³/mol. The fourth-order valence-corrected chi connectivity index (χ4v) is 4.02. The molecule has 170 valence electrons. The first-order valence-corrected chi connectivity index (χ1v) is 11.8. The van der Waals surface area contributed by atoms with E-state index in [9.17, 15) is 4.79 Å². The Morgan fingerprint density at radius 1 is 1.03 bits per heavy atom. The van der Waals surface area contributed by atoms with Crippen molar-refractivity contribution < 1.29 is 0 Å². The van der Waals surface area contributed by atoms with Crippen LogP contribution in [-0.4, -0.2) is 52.2 Å². The summed E-state index contributed by atoms with van der Waals surface area (Å²) in [7, 11) is 0. The lowest BCUT2D eigenvalue weighted by Crippen LogP contribution is -2.47. The highest BCUT2D eigenvalue weighted by molar-refractivity contribution is 5.41. The zero-order valence-electron chi connectivity index (χ0n) is 20.0. The molecule has 0 radical (unpaired) electrons. The molecule has 0 saturated carbocycles. The Morgan fingerprint density at radius 3 is 2.42 bits per heavy atom. The van der Waals surface area contributed by atoms with Crippen LogP contribution in [0.1, 0.15) is 64.0 Å². The summed E-state index contributed by atoms with van der Waals surface area (Å²) < 4.78 is 1.84. The zero-order chi connectivity index (χ0) is 22.4. The van der Waals surface area contributed by atoms with Crippen LogP contribution in [-0.2, 0) is 18.4 Å². The lowest BCUT2D eigenvalue weighted by molar-refractivity contribution is 0.250. The summed E-state index contributed by atoms with van der Waals surface area (Å²) in [6.45, 7) is 16.7. The van der Waals surface area contributed by atoms with Gasteiger partial charge in [-0.25, -0.2) is 9.97 Å². The Morgan fingerprint density at radius 2 is 1.74 bits per heavy atom. The Labute approximate surface area is 187 Å². The number of rotatable bonds is 8. The highest BCUT2D eigenvalue weighted by Gasteiger charge is 2.23. The van der Waals surface area contributed by atoms with E-state index in [0.29, 0.717) is 0 Å². The van der Waals surface area contributed by atoms with E-state index in [-0.39, 0.29) is 11.0 Å². The van der Waals surface area contributed by atoms with Gasteiger partial charge in [-0.1, -0.05) is 40.2 Å². The third-order valence-corrected chi connectivity index (χ3v) is 5.97. The molecule has 1 aliphatic rings. The van der Waals surface area contributed by atoms with Crippen LogP contribution in [0, 0.1) is 6.92 Å². The van der Waals surface area contributed by atoms with Gasteiger partial charge in [0.25, 0.3) is 5.56 Å². The van der Waals surface area contributed by atoms with Gasteiger partial charge in [-0.3, -0.25) is 9.69 Å². The second-order valence-corrected chi connectivity index (χ2v) is 9.77. The molecular formula is C25H39N5O. The molecule has 1 aliphatic heterocycles. The minimum absolute atomic E-state index is 0.0421. The lowest BCUT2D eigenvalue weighted by Gasteiger charge is -2.36. The van der Waals surface area contributed by atoms with Crippen molar-refractivity contribution >= 4 is 5.82 Å². The molecule has 2 aromatic heterocycles. The molecule has 0 unspecified atom stereocenters. The highest BCUT2D eigenvalue weighted by atomic mass is 16.1. The maximum absolute atomic E-state index is 12.1. The van der Waals surface area contributed by atoms with E-state index in [1.807, 2.05) is 29.8 Å². The number of aromatic nitrogens is 3. The number of anilines is 1. The van der Waals surface area contributed by atoms with Gasteiger partial charge in [0.2, 0.25) is 0 Å². The first kappa shape index (κ1) is 23.5. The van der Waals surface area contributed by atoms with Crippen molar-refractivity contribution in [3.8, 4) is 0 Å². The Kier molecular flexibility index (Phi) is 7.87. The van der Waals surface area contributed by atoms with Crippen LogP contribution in [0.15, 0.2) is 29.2 Å². The number of hydrogen-bond donors (Lipinski definition) is 0. The van der Waals surface area contributed by atoms with Gasteiger partial charge in [0, 0.05) is 61.7 Å². The van der Waals surface area contributed by atoms with Gasteiger partial charge in [-0.2, -0.15) is 0 Å². The average molecular weight is 426 g/mol. The smallest absolute Gasteiger partial charge is 0.253 e. The summed E-state index contributed by atoms with van der Waals surface area (Å²) >= 11 is 0. The second-order valence-electron chi connectivity index (χ2n) is 9.77. The van der Waals surface area contributed by atoms with Crippen molar-refractivity contribution in [2.24, 2.45) is 0 Å². The second kappa shape index (κ2) is 10.4. The van der Waals surface area contributed by atoms with Gasteiger partial charge >= 0.3 is 0 Å². The van der Waals surface area contributed by atoms with Crippen LogP contribution >= 0.6 is 0 Å². The molecule has 31 heavy (non-hydrogen) atoms. The SMILES string of the molecule is CCCc1cc(N2CCN(CCCCn3cccc(C)c3=O)CC2)nc(C(C)(C)C)n1. The molecule has 6 heteroatoms. The molecule has 1 saturated heterocycles. The molecule has 0 N–H and O–H groups in total. The van der Waals surface area contributed by atoms with Crippen molar-refractivity contribution in [2.75, 3.05) is 37.6 Å². The van der Waals surface area contributed by atoms with Gasteiger partial charge in [0.15, 0.2) is 0 Å². The van der Waals surface area contributed by atoms with Gasteiger partial charge in [0.1, 0.15) is 11.6 Å². The van der Waals surface area contributed by atoms with Crippen molar-refractivity contribution in [2.45, 2.75) is 72.3 Å². The van der Waals surface area contributed by atoms with Gasteiger partial charge in [0.05, 0.1) is 0 Å². The summed E-state index contributed by atoms with van der Waals surface area (Å²) in [5.41, 5.74) is 2.07. The summed E-state index contributed by atoms with van der Waals surface area (Å²) in [6, 6.07) is 6.03. The molecule has 0 aromatic carbocycles. The number of pyridine rings is 1. The van der Waals surface area contributed by atoms with E-state index in [1.165, 1.54) is 0 Å².